The van der Waals surface area contributed by atoms with E-state index in [-0.39, 0.29) is 5.91 Å². The summed E-state index contributed by atoms with van der Waals surface area (Å²) in [4.78, 5) is 21.5. The predicted molar refractivity (Wildman–Crippen MR) is 110 cm³/mol. The van der Waals surface area contributed by atoms with E-state index in [1.54, 1.807) is 18.4 Å². The molecule has 0 spiro atoms. The Kier molecular flexibility index (Phi) is 5.18. The van der Waals surface area contributed by atoms with Gasteiger partial charge in [-0.2, -0.15) is 0 Å². The first kappa shape index (κ1) is 18.1. The molecular formula is C20H20ClN3O2S. The highest BCUT2D eigenvalue weighted by molar-refractivity contribution is 7.22. The van der Waals surface area contributed by atoms with Crippen LogP contribution in [0.4, 0.5) is 5.13 Å². The summed E-state index contributed by atoms with van der Waals surface area (Å²) < 4.78 is 6.52. The molecule has 1 fully saturated rings. The van der Waals surface area contributed by atoms with E-state index in [9.17, 15) is 4.79 Å². The number of carbonyl (C=O) groups is 1. The fraction of sp³-hybridized carbons (Fsp3) is 0.300. The van der Waals surface area contributed by atoms with Gasteiger partial charge >= 0.3 is 0 Å². The molecule has 0 atom stereocenters. The van der Waals surface area contributed by atoms with Crippen LogP contribution in [0.25, 0.3) is 10.2 Å². The van der Waals surface area contributed by atoms with Crippen molar-refractivity contribution in [1.29, 1.82) is 0 Å². The third-order valence-electron chi connectivity index (χ3n) is 4.79. The van der Waals surface area contributed by atoms with E-state index in [1.807, 2.05) is 41.3 Å². The first-order valence-corrected chi connectivity index (χ1v) is 10.0. The van der Waals surface area contributed by atoms with Crippen LogP contribution in [-0.2, 0) is 11.2 Å². The Morgan fingerprint density at radius 1 is 1.15 bits per heavy atom. The van der Waals surface area contributed by atoms with Gasteiger partial charge in [0.2, 0.25) is 5.91 Å². The molecule has 2 aromatic carbocycles. The van der Waals surface area contributed by atoms with Gasteiger partial charge in [0, 0.05) is 31.2 Å². The molecule has 0 unspecified atom stereocenters. The van der Waals surface area contributed by atoms with Crippen molar-refractivity contribution in [3.05, 3.63) is 53.1 Å². The van der Waals surface area contributed by atoms with Crippen molar-refractivity contribution in [1.82, 2.24) is 9.88 Å². The molecule has 0 N–H and O–H groups in total. The van der Waals surface area contributed by atoms with E-state index < -0.39 is 0 Å². The fourth-order valence-electron chi connectivity index (χ4n) is 3.28. The zero-order valence-electron chi connectivity index (χ0n) is 15.0. The highest BCUT2D eigenvalue weighted by atomic mass is 35.5. The molecule has 5 nitrogen and oxygen atoms in total. The zero-order chi connectivity index (χ0) is 18.8. The topological polar surface area (TPSA) is 45.7 Å². The molecule has 0 saturated carbocycles. The van der Waals surface area contributed by atoms with Gasteiger partial charge in [0.15, 0.2) is 5.13 Å². The highest BCUT2D eigenvalue weighted by Gasteiger charge is 2.24. The van der Waals surface area contributed by atoms with Crippen molar-refractivity contribution in [2.24, 2.45) is 0 Å². The number of halogens is 1. The molecule has 3 aromatic rings. The summed E-state index contributed by atoms with van der Waals surface area (Å²) in [5, 5.41) is 1.63. The molecule has 1 amide bonds. The number of thiazole rings is 1. The molecule has 4 rings (SSSR count). The number of aromatic nitrogens is 1. The Bertz CT molecular complexity index is 967. The molecule has 0 radical (unpaired) electrons. The fourth-order valence-corrected chi connectivity index (χ4v) is 4.51. The summed E-state index contributed by atoms with van der Waals surface area (Å²) in [7, 11) is 1.66. The van der Waals surface area contributed by atoms with Crippen LogP contribution < -0.4 is 9.64 Å². The summed E-state index contributed by atoms with van der Waals surface area (Å²) >= 11 is 7.84. The van der Waals surface area contributed by atoms with E-state index in [0.717, 1.165) is 39.8 Å². The van der Waals surface area contributed by atoms with Gasteiger partial charge in [0.1, 0.15) is 11.3 Å². The number of benzene rings is 2. The third-order valence-corrected chi connectivity index (χ3v) is 6.24. The Morgan fingerprint density at radius 2 is 1.93 bits per heavy atom. The number of carbonyl (C=O) groups excluding carboxylic acids is 1. The van der Waals surface area contributed by atoms with Gasteiger partial charge < -0.3 is 14.5 Å². The quantitative estimate of drug-likeness (QED) is 0.666. The number of amides is 1. The van der Waals surface area contributed by atoms with E-state index in [4.69, 9.17) is 21.3 Å². The van der Waals surface area contributed by atoms with Gasteiger partial charge in [-0.05, 0) is 23.8 Å². The Balaban J connectivity index is 1.41. The van der Waals surface area contributed by atoms with Crippen LogP contribution in [0.2, 0.25) is 5.02 Å². The molecule has 0 bridgehead atoms. The maximum absolute atomic E-state index is 12.6. The van der Waals surface area contributed by atoms with Crippen LogP contribution >= 0.6 is 22.9 Å². The molecule has 0 aliphatic carbocycles. The number of methoxy groups -OCH3 is 1. The molecule has 1 saturated heterocycles. The lowest BCUT2D eigenvalue weighted by Gasteiger charge is -2.34. The van der Waals surface area contributed by atoms with Crippen molar-refractivity contribution in [2.75, 3.05) is 38.2 Å². The summed E-state index contributed by atoms with van der Waals surface area (Å²) in [5.74, 6) is 0.914. The first-order valence-electron chi connectivity index (χ1n) is 8.85. The molecule has 1 aromatic heterocycles. The van der Waals surface area contributed by atoms with E-state index in [0.29, 0.717) is 24.5 Å². The highest BCUT2D eigenvalue weighted by Crippen LogP contribution is 2.34. The number of piperazine rings is 1. The minimum atomic E-state index is 0.119. The standard InChI is InChI=1S/C20H20ClN3O2S/c1-26-16-7-4-8-17-19(16)22-20(27-17)24-11-9-23(10-12-24)18(25)13-14-5-2-3-6-15(14)21/h2-8H,9-13H2,1H3. The van der Waals surface area contributed by atoms with Gasteiger partial charge in [-0.3, -0.25) is 4.79 Å². The SMILES string of the molecule is COc1cccc2sc(N3CCN(C(=O)Cc4ccccc4Cl)CC3)nc12. The van der Waals surface area contributed by atoms with Crippen LogP contribution in [0.3, 0.4) is 0 Å². The van der Waals surface area contributed by atoms with Crippen LogP contribution in [0, 0.1) is 0 Å². The van der Waals surface area contributed by atoms with Crippen LogP contribution in [0.1, 0.15) is 5.56 Å². The average molecular weight is 402 g/mol. The Morgan fingerprint density at radius 3 is 2.67 bits per heavy atom. The van der Waals surface area contributed by atoms with Crippen molar-refractivity contribution in [2.45, 2.75) is 6.42 Å². The lowest BCUT2D eigenvalue weighted by molar-refractivity contribution is -0.130. The molecule has 1 aliphatic heterocycles. The maximum Gasteiger partial charge on any atom is 0.227 e. The molecule has 27 heavy (non-hydrogen) atoms. The lowest BCUT2D eigenvalue weighted by Crippen LogP contribution is -2.49. The van der Waals surface area contributed by atoms with Gasteiger partial charge in [0.05, 0.1) is 18.2 Å². The minimum absolute atomic E-state index is 0.119. The number of para-hydroxylation sites is 1. The lowest BCUT2D eigenvalue weighted by atomic mass is 10.1. The van der Waals surface area contributed by atoms with Crippen LogP contribution in [0.5, 0.6) is 5.75 Å². The number of anilines is 1. The van der Waals surface area contributed by atoms with Gasteiger partial charge in [-0.1, -0.05) is 47.2 Å². The minimum Gasteiger partial charge on any atom is -0.494 e. The number of hydrogen-bond acceptors (Lipinski definition) is 5. The first-order chi connectivity index (χ1) is 13.2. The molecule has 7 heteroatoms. The van der Waals surface area contributed by atoms with Crippen molar-refractivity contribution in [3.63, 3.8) is 0 Å². The average Bonchev–Trinajstić information content (AvgIpc) is 3.14. The second kappa shape index (κ2) is 7.74. The largest absolute Gasteiger partial charge is 0.494 e. The number of ether oxygens (including phenoxy) is 1. The number of hydrogen-bond donors (Lipinski definition) is 0. The van der Waals surface area contributed by atoms with Crippen molar-refractivity contribution in [3.8, 4) is 5.75 Å². The van der Waals surface area contributed by atoms with E-state index >= 15 is 0 Å². The van der Waals surface area contributed by atoms with E-state index in [2.05, 4.69) is 11.0 Å². The zero-order valence-corrected chi connectivity index (χ0v) is 16.6. The van der Waals surface area contributed by atoms with Gasteiger partial charge in [-0.25, -0.2) is 4.98 Å². The van der Waals surface area contributed by atoms with E-state index in [1.165, 1.54) is 0 Å². The predicted octanol–water partition coefficient (Wildman–Crippen LogP) is 3.85. The monoisotopic (exact) mass is 401 g/mol. The summed E-state index contributed by atoms with van der Waals surface area (Å²) in [5.41, 5.74) is 1.78. The number of nitrogens with zero attached hydrogens (tertiary/aromatic N) is 3. The Labute approximate surface area is 167 Å². The second-order valence-electron chi connectivity index (χ2n) is 6.44. The summed E-state index contributed by atoms with van der Waals surface area (Å²) in [6.07, 6.45) is 0.345. The molecule has 140 valence electrons. The number of rotatable bonds is 4. The second-order valence-corrected chi connectivity index (χ2v) is 7.86. The summed E-state index contributed by atoms with van der Waals surface area (Å²) in [6.45, 7) is 2.93. The number of fused-ring (bicyclic) bond motifs is 1. The van der Waals surface area contributed by atoms with Crippen molar-refractivity contribution < 1.29 is 9.53 Å². The normalized spacial score (nSPS) is 14.6. The Hall–Kier alpha value is -2.31. The van der Waals surface area contributed by atoms with Crippen LogP contribution in [-0.4, -0.2) is 49.1 Å². The smallest absolute Gasteiger partial charge is 0.227 e. The molecular weight excluding hydrogens is 382 g/mol. The van der Waals surface area contributed by atoms with Gasteiger partial charge in [-0.15, -0.1) is 0 Å². The van der Waals surface area contributed by atoms with Crippen LogP contribution in [0.15, 0.2) is 42.5 Å². The van der Waals surface area contributed by atoms with Gasteiger partial charge in [0.25, 0.3) is 0 Å². The molecule has 1 aliphatic rings. The third kappa shape index (κ3) is 3.73. The van der Waals surface area contributed by atoms with Crippen molar-refractivity contribution >= 4 is 44.2 Å². The maximum atomic E-state index is 12.6. The summed E-state index contributed by atoms with van der Waals surface area (Å²) in [6, 6.07) is 13.5. The molecule has 2 heterocycles.